The average molecular weight is 299 g/mol. The third kappa shape index (κ3) is 4.17. The van der Waals surface area contributed by atoms with Crippen LogP contribution < -0.4 is 9.61 Å². The summed E-state index contributed by atoms with van der Waals surface area (Å²) in [5.74, 6) is 0.111. The predicted octanol–water partition coefficient (Wildman–Crippen LogP) is 2.51. The van der Waals surface area contributed by atoms with Gasteiger partial charge >= 0.3 is 7.52 Å². The lowest BCUT2D eigenvalue weighted by Gasteiger charge is -2.27. The highest BCUT2D eigenvalue weighted by Gasteiger charge is 2.33. The van der Waals surface area contributed by atoms with Crippen molar-refractivity contribution in [3.05, 3.63) is 29.8 Å². The second-order valence-corrected chi connectivity index (χ2v) is 7.69. The van der Waals surface area contributed by atoms with E-state index < -0.39 is 26.0 Å². The van der Waals surface area contributed by atoms with Crippen LogP contribution in [0.5, 0.6) is 5.75 Å². The molecule has 0 aliphatic heterocycles. The molecule has 0 aromatic heterocycles. The van der Waals surface area contributed by atoms with Gasteiger partial charge in [-0.1, -0.05) is 32.0 Å². The summed E-state index contributed by atoms with van der Waals surface area (Å²) in [5, 5.41) is 11.6. The van der Waals surface area contributed by atoms with Gasteiger partial charge in [0, 0.05) is 0 Å². The van der Waals surface area contributed by atoms with Crippen molar-refractivity contribution in [2.75, 3.05) is 6.61 Å². The van der Waals surface area contributed by atoms with Gasteiger partial charge in [-0.2, -0.15) is 0 Å². The van der Waals surface area contributed by atoms with E-state index >= 15 is 0 Å². The number of nitrogens with one attached hydrogen (secondary N) is 1. The summed E-state index contributed by atoms with van der Waals surface area (Å²) in [4.78, 5) is 11.4. The van der Waals surface area contributed by atoms with Crippen LogP contribution >= 0.6 is 7.52 Å². The number of carbonyl (C=O) groups is 1. The number of benzene rings is 1. The number of aryl methyl sites for hydroxylation is 1. The van der Waals surface area contributed by atoms with Crippen LogP contribution in [0.4, 0.5) is 0 Å². The Morgan fingerprint density at radius 2 is 1.95 bits per heavy atom. The minimum absolute atomic E-state index is 0.295. The molecule has 1 aromatic rings. The third-order valence-corrected chi connectivity index (χ3v) is 5.59. The molecule has 0 aliphatic carbocycles. The monoisotopic (exact) mass is 299 g/mol. The molecular weight excluding hydrogens is 277 g/mol. The summed E-state index contributed by atoms with van der Waals surface area (Å²) < 4.78 is 18.6. The number of rotatable bonds is 7. The molecular formula is C14H22NO4P. The van der Waals surface area contributed by atoms with Crippen molar-refractivity contribution in [2.45, 2.75) is 39.4 Å². The summed E-state index contributed by atoms with van der Waals surface area (Å²) in [5.41, 5.74) is 0.576. The molecule has 0 bridgehead atoms. The maximum absolute atomic E-state index is 12.9. The normalized spacial score (nSPS) is 15.7. The van der Waals surface area contributed by atoms with Crippen molar-refractivity contribution in [3.8, 4) is 5.75 Å². The van der Waals surface area contributed by atoms with Crippen molar-refractivity contribution in [3.63, 3.8) is 0 Å². The van der Waals surface area contributed by atoms with Gasteiger partial charge in [0.25, 0.3) is 0 Å². The molecule has 0 aliphatic rings. The third-order valence-electron chi connectivity index (χ3n) is 3.02. The van der Waals surface area contributed by atoms with E-state index in [2.05, 4.69) is 5.09 Å². The molecule has 1 aromatic carbocycles. The number of aliphatic hydroxyl groups excluding tert-OH is 1. The first-order valence-corrected chi connectivity index (χ1v) is 8.26. The quantitative estimate of drug-likeness (QED) is 0.757. The summed E-state index contributed by atoms with van der Waals surface area (Å²) >= 11 is 0. The van der Waals surface area contributed by atoms with Gasteiger partial charge in [-0.15, -0.1) is 0 Å². The smallest absolute Gasteiger partial charge is 0.319 e. The number of Topliss-reactive ketones (excluding diaryl/α,β-unsaturated/α-hetero) is 1. The summed E-state index contributed by atoms with van der Waals surface area (Å²) in [6.45, 7) is 6.37. The lowest BCUT2D eigenvalue weighted by molar-refractivity contribution is -0.123. The molecule has 2 atom stereocenters. The van der Waals surface area contributed by atoms with E-state index in [4.69, 9.17) is 9.63 Å². The van der Waals surface area contributed by atoms with Gasteiger partial charge < -0.3 is 9.63 Å². The Morgan fingerprint density at radius 1 is 1.35 bits per heavy atom. The summed E-state index contributed by atoms with van der Waals surface area (Å²) in [6.07, 6.45) is 0. The van der Waals surface area contributed by atoms with E-state index in [0.717, 1.165) is 5.56 Å². The lowest BCUT2D eigenvalue weighted by Crippen LogP contribution is -2.36. The Kier molecular flexibility index (Phi) is 5.93. The first-order chi connectivity index (χ1) is 9.30. The van der Waals surface area contributed by atoms with E-state index in [1.807, 2.05) is 19.1 Å². The van der Waals surface area contributed by atoms with Gasteiger partial charge in [-0.25, -0.2) is 5.09 Å². The zero-order valence-electron chi connectivity index (χ0n) is 12.3. The van der Waals surface area contributed by atoms with Crippen LogP contribution in [0.25, 0.3) is 0 Å². The van der Waals surface area contributed by atoms with E-state index in [9.17, 15) is 9.36 Å². The van der Waals surface area contributed by atoms with Gasteiger partial charge in [0.1, 0.15) is 12.4 Å². The molecule has 1 unspecified atom stereocenters. The number of aliphatic hydroxyl groups is 1. The summed E-state index contributed by atoms with van der Waals surface area (Å²) in [6, 6.07) is 6.55. The number of ketones is 1. The fraction of sp³-hybridized carbons (Fsp3) is 0.500. The second-order valence-electron chi connectivity index (χ2n) is 5.02. The molecule has 0 saturated heterocycles. The number of carbonyl (C=O) groups excluding carboxylic acids is 1. The molecule has 5 nitrogen and oxygen atoms in total. The molecule has 0 spiro atoms. The van der Waals surface area contributed by atoms with Crippen LogP contribution in [0, 0.1) is 6.92 Å². The molecule has 1 rings (SSSR count). The Bertz CT molecular complexity index is 516. The number of hydrogen-bond donors (Lipinski definition) is 2. The van der Waals surface area contributed by atoms with Crippen molar-refractivity contribution in [2.24, 2.45) is 0 Å². The molecule has 6 heteroatoms. The molecule has 0 amide bonds. The van der Waals surface area contributed by atoms with Gasteiger partial charge in [-0.05, 0) is 25.5 Å². The Labute approximate surface area is 119 Å². The van der Waals surface area contributed by atoms with Crippen molar-refractivity contribution in [1.82, 2.24) is 5.09 Å². The SMILES string of the molecule is Cc1ccccc1OP(=O)(N[C@@H](C)C(=O)CO)C(C)C. The maximum atomic E-state index is 12.9. The molecule has 20 heavy (non-hydrogen) atoms. The van der Waals surface area contributed by atoms with Crippen LogP contribution in [0.3, 0.4) is 0 Å². The van der Waals surface area contributed by atoms with Crippen molar-refractivity contribution >= 4 is 13.3 Å². The molecule has 2 N–H and O–H groups in total. The van der Waals surface area contributed by atoms with Crippen LogP contribution in [-0.2, 0) is 9.36 Å². The van der Waals surface area contributed by atoms with Crippen molar-refractivity contribution in [1.29, 1.82) is 0 Å². The van der Waals surface area contributed by atoms with Crippen LogP contribution in [0.1, 0.15) is 26.3 Å². The molecule has 0 fully saturated rings. The Hall–Kier alpha value is -1.16. The first-order valence-electron chi connectivity index (χ1n) is 6.56. The van der Waals surface area contributed by atoms with Gasteiger partial charge in [0.2, 0.25) is 0 Å². The zero-order chi connectivity index (χ0) is 15.3. The predicted molar refractivity (Wildman–Crippen MR) is 79.2 cm³/mol. The average Bonchev–Trinajstić information content (AvgIpc) is 2.40. The number of hydrogen-bond acceptors (Lipinski definition) is 4. The largest absolute Gasteiger partial charge is 0.432 e. The van der Waals surface area contributed by atoms with Gasteiger partial charge in [-0.3, -0.25) is 9.36 Å². The number of para-hydroxylation sites is 1. The van der Waals surface area contributed by atoms with Crippen molar-refractivity contribution < 1.29 is 19.0 Å². The standard InChI is InChI=1S/C14H22NO4P/c1-10(2)20(18,15-12(4)13(17)9-16)19-14-8-6-5-7-11(14)3/h5-8,10,12,16H,9H2,1-4H3,(H,15,18)/t12-,20?/m0/s1. The summed E-state index contributed by atoms with van der Waals surface area (Å²) in [7, 11) is -3.25. The van der Waals surface area contributed by atoms with Crippen LogP contribution in [0.2, 0.25) is 0 Å². The first kappa shape index (κ1) is 16.9. The fourth-order valence-corrected chi connectivity index (χ4v) is 3.31. The zero-order valence-corrected chi connectivity index (χ0v) is 13.2. The van der Waals surface area contributed by atoms with Gasteiger partial charge in [0.05, 0.1) is 11.7 Å². The highest BCUT2D eigenvalue weighted by atomic mass is 31.2. The van der Waals surface area contributed by atoms with Crippen LogP contribution in [0.15, 0.2) is 24.3 Å². The topological polar surface area (TPSA) is 75.6 Å². The lowest BCUT2D eigenvalue weighted by atomic mass is 10.2. The maximum Gasteiger partial charge on any atom is 0.319 e. The fourth-order valence-electron chi connectivity index (χ4n) is 1.56. The molecule has 0 saturated carbocycles. The Morgan fingerprint density at radius 3 is 2.45 bits per heavy atom. The molecule has 112 valence electrons. The minimum atomic E-state index is -3.25. The minimum Gasteiger partial charge on any atom is -0.432 e. The highest BCUT2D eigenvalue weighted by Crippen LogP contribution is 2.48. The van der Waals surface area contributed by atoms with Crippen LogP contribution in [-0.4, -0.2) is 29.2 Å². The Balaban J connectivity index is 2.96. The van der Waals surface area contributed by atoms with E-state index in [1.165, 1.54) is 0 Å². The van der Waals surface area contributed by atoms with E-state index in [-0.39, 0.29) is 5.66 Å². The highest BCUT2D eigenvalue weighted by molar-refractivity contribution is 7.58. The molecule has 0 radical (unpaired) electrons. The van der Waals surface area contributed by atoms with Gasteiger partial charge in [0.15, 0.2) is 5.78 Å². The van der Waals surface area contributed by atoms with E-state index in [0.29, 0.717) is 5.75 Å². The molecule has 0 heterocycles. The second kappa shape index (κ2) is 7.02. The van der Waals surface area contributed by atoms with E-state index in [1.54, 1.807) is 32.9 Å².